The standard InChI is InChI=1S/2C22H22GeO2.3C6H4F.Bi/c2*1-18(22(24)25)17-23(19-11-5-2-6-12-19,20-13-7-3-8-14-20)21-15-9-4-10-16-21;3*7-6-4-2-1-3-5-6;/h2*2-16,18H,17H2,1H3,(H,24,25);3*2-5H;. The zero-order chi connectivity index (χ0) is 50.9. The van der Waals surface area contributed by atoms with Gasteiger partial charge in [0.15, 0.2) is 0 Å². The molecule has 0 spiro atoms. The first-order valence-electron chi connectivity index (χ1n) is 23.8. The van der Waals surface area contributed by atoms with Gasteiger partial charge in [-0.25, -0.2) is 0 Å². The molecule has 9 aromatic carbocycles. The Labute approximate surface area is 434 Å². The molecule has 2 unspecified atom stereocenters. The van der Waals surface area contributed by atoms with Crippen molar-refractivity contribution in [3.05, 3.63) is 272 Å². The Morgan fingerprint density at radius 3 is 0.694 bits per heavy atom. The van der Waals surface area contributed by atoms with Crippen LogP contribution in [0.1, 0.15) is 13.8 Å². The Morgan fingerprint density at radius 2 is 0.528 bits per heavy atom. The molecular weight excluding hydrogens is 1220 g/mol. The third-order valence-electron chi connectivity index (χ3n) is 12.9. The van der Waals surface area contributed by atoms with Crippen LogP contribution >= 0.6 is 0 Å². The summed E-state index contributed by atoms with van der Waals surface area (Å²) in [5.41, 5.74) is 0. The van der Waals surface area contributed by atoms with Crippen LogP contribution in [0, 0.1) is 29.3 Å². The van der Waals surface area contributed by atoms with Crippen molar-refractivity contribution in [2.24, 2.45) is 11.8 Å². The van der Waals surface area contributed by atoms with Crippen LogP contribution in [0.25, 0.3) is 0 Å². The Morgan fingerprint density at radius 1 is 0.347 bits per heavy atom. The monoisotopic (exact) mass is 1280 g/mol. The van der Waals surface area contributed by atoms with Crippen LogP contribution in [0.15, 0.2) is 255 Å². The number of carboxylic acids is 2. The normalized spacial score (nSPS) is 12.0. The average molecular weight is 1280 g/mol. The van der Waals surface area contributed by atoms with Gasteiger partial charge in [0.2, 0.25) is 0 Å². The van der Waals surface area contributed by atoms with Crippen LogP contribution in [0.5, 0.6) is 0 Å². The SMILES string of the molecule is CC([CH2][Ge]([c]1ccccc1)([c]1ccccc1)[c]1ccccc1)C(=O)O.CC([CH2][Ge]([c]1ccccc1)([c]1ccccc1)[c]1ccccc1)C(=O)O.Fc1cc[c]([Bi]([c]2ccc(F)cc2)[c]2ccc(F)cc2)cc1. The zero-order valence-corrected chi connectivity index (χ0v) is 47.8. The fourth-order valence-electron chi connectivity index (χ4n) is 9.35. The van der Waals surface area contributed by atoms with Crippen LogP contribution in [0.3, 0.4) is 0 Å². The summed E-state index contributed by atoms with van der Waals surface area (Å²) in [6.45, 7) is 3.66. The first kappa shape index (κ1) is 53.5. The van der Waals surface area contributed by atoms with E-state index in [4.69, 9.17) is 0 Å². The number of hydrogen-bond donors (Lipinski definition) is 2. The van der Waals surface area contributed by atoms with Crippen molar-refractivity contribution in [3.63, 3.8) is 0 Å². The number of aliphatic carboxylic acids is 2. The van der Waals surface area contributed by atoms with Crippen molar-refractivity contribution in [1.82, 2.24) is 0 Å². The summed E-state index contributed by atoms with van der Waals surface area (Å²) in [6.07, 6.45) is 0. The number of carbonyl (C=O) groups is 2. The Kier molecular flexibility index (Phi) is 19.2. The van der Waals surface area contributed by atoms with E-state index in [0.717, 1.165) is 9.81 Å². The van der Waals surface area contributed by atoms with Crippen molar-refractivity contribution in [2.45, 2.75) is 24.4 Å². The molecule has 2 N–H and O–H groups in total. The summed E-state index contributed by atoms with van der Waals surface area (Å²) < 4.78 is 50.5. The van der Waals surface area contributed by atoms with Crippen molar-refractivity contribution in [3.8, 4) is 0 Å². The molecule has 0 aromatic heterocycles. The predicted molar refractivity (Wildman–Crippen MR) is 295 cm³/mol. The Bertz CT molecular complexity index is 2620. The van der Waals surface area contributed by atoms with Crippen molar-refractivity contribution in [2.75, 3.05) is 0 Å². The van der Waals surface area contributed by atoms with Gasteiger partial charge in [0.05, 0.1) is 0 Å². The molecule has 0 fully saturated rings. The van der Waals surface area contributed by atoms with E-state index >= 15 is 0 Å². The molecule has 0 radical (unpaired) electrons. The molecule has 0 amide bonds. The molecule has 9 rings (SSSR count). The van der Waals surface area contributed by atoms with Gasteiger partial charge in [-0.05, 0) is 0 Å². The van der Waals surface area contributed by atoms with Gasteiger partial charge in [0.25, 0.3) is 0 Å². The summed E-state index contributed by atoms with van der Waals surface area (Å²) in [5.74, 6) is -3.08. The van der Waals surface area contributed by atoms with Crippen molar-refractivity contribution in [1.29, 1.82) is 0 Å². The zero-order valence-electron chi connectivity index (χ0n) is 40.1. The van der Waals surface area contributed by atoms with Gasteiger partial charge >= 0.3 is 438 Å². The number of rotatable bonds is 15. The molecule has 2 atom stereocenters. The number of halogens is 3. The van der Waals surface area contributed by atoms with E-state index in [1.54, 1.807) is 36.4 Å². The van der Waals surface area contributed by atoms with E-state index in [1.165, 1.54) is 62.8 Å². The van der Waals surface area contributed by atoms with Crippen LogP contribution in [-0.2, 0) is 9.59 Å². The molecule has 0 saturated heterocycles. The van der Waals surface area contributed by atoms with Gasteiger partial charge in [-0.2, -0.15) is 0 Å². The molecule has 9 aromatic rings. The van der Waals surface area contributed by atoms with Crippen LogP contribution < -0.4 is 36.2 Å². The second-order valence-electron chi connectivity index (χ2n) is 17.7. The van der Waals surface area contributed by atoms with E-state index in [-0.39, 0.29) is 29.3 Å². The summed E-state index contributed by atoms with van der Waals surface area (Å²) >= 11 is -8.86. The van der Waals surface area contributed by atoms with Crippen LogP contribution in [0.4, 0.5) is 13.2 Å². The molecule has 0 saturated carbocycles. The molecule has 4 nitrogen and oxygen atoms in total. The third-order valence-corrected chi connectivity index (χ3v) is 44.2. The quantitative estimate of drug-likeness (QED) is 0.101. The fraction of sp³-hybridized carbons (Fsp3) is 0.0968. The minimum absolute atomic E-state index is 0.286. The Balaban J connectivity index is 0.000000159. The van der Waals surface area contributed by atoms with Gasteiger partial charge in [-0.1, -0.05) is 0 Å². The molecule has 72 heavy (non-hydrogen) atoms. The van der Waals surface area contributed by atoms with Crippen molar-refractivity contribution >= 4 is 96.4 Å². The molecule has 0 aliphatic rings. The number of benzene rings is 9. The van der Waals surface area contributed by atoms with Gasteiger partial charge in [-0.3, -0.25) is 0 Å². The Hall–Kier alpha value is -6.32. The minimum atomic E-state index is -3.11. The molecular formula is C62H56BiF3Ge2O4. The molecule has 0 bridgehead atoms. The summed E-state index contributed by atoms with van der Waals surface area (Å²) in [7, 11) is 0. The second-order valence-corrected chi connectivity index (χ2v) is 42.9. The predicted octanol–water partition coefficient (Wildman–Crippen LogP) is 8.38. The topological polar surface area (TPSA) is 74.6 Å². The van der Waals surface area contributed by atoms with E-state index in [1.807, 2.05) is 50.2 Å². The summed E-state index contributed by atoms with van der Waals surface area (Å²) in [4.78, 5) is 23.4. The average Bonchev–Trinajstić information content (AvgIpc) is 3.43. The van der Waals surface area contributed by atoms with Gasteiger partial charge in [0, 0.05) is 0 Å². The van der Waals surface area contributed by atoms with E-state index in [2.05, 4.69) is 146 Å². The van der Waals surface area contributed by atoms with Gasteiger partial charge < -0.3 is 0 Å². The third kappa shape index (κ3) is 13.2. The second kappa shape index (κ2) is 25.9. The molecule has 362 valence electrons. The van der Waals surface area contributed by atoms with E-state index < -0.39 is 60.2 Å². The molecule has 0 aliphatic heterocycles. The fourth-order valence-corrected chi connectivity index (χ4v) is 39.4. The van der Waals surface area contributed by atoms with Gasteiger partial charge in [-0.15, -0.1) is 0 Å². The summed E-state index contributed by atoms with van der Waals surface area (Å²) in [5, 5.41) is 20.6. The number of hydrogen-bond acceptors (Lipinski definition) is 2. The molecule has 0 aliphatic carbocycles. The molecule has 0 heterocycles. The van der Waals surface area contributed by atoms with Crippen LogP contribution in [-0.4, -0.2) is 70.4 Å². The van der Waals surface area contributed by atoms with Crippen molar-refractivity contribution < 1.29 is 33.0 Å². The maximum atomic E-state index is 13.2. The van der Waals surface area contributed by atoms with Crippen LogP contribution in [0.2, 0.25) is 10.5 Å². The first-order valence-corrected chi connectivity index (χ1v) is 38.3. The van der Waals surface area contributed by atoms with Gasteiger partial charge in [0.1, 0.15) is 0 Å². The maximum absolute atomic E-state index is 13.2. The van der Waals surface area contributed by atoms with E-state index in [9.17, 15) is 33.0 Å². The first-order chi connectivity index (χ1) is 34.9. The summed E-state index contributed by atoms with van der Waals surface area (Å²) in [6, 6.07) is 82.3. The molecule has 10 heteroatoms. The van der Waals surface area contributed by atoms with E-state index in [0.29, 0.717) is 10.5 Å². The number of carboxylic acid groups (broad SMARTS) is 2.